The van der Waals surface area contributed by atoms with Gasteiger partial charge in [-0.15, -0.1) is 0 Å². The minimum atomic E-state index is -3.15. The number of hydrogen-bond donors (Lipinski definition) is 0. The summed E-state index contributed by atoms with van der Waals surface area (Å²) in [5.41, 5.74) is 1.35. The highest BCUT2D eigenvalue weighted by Crippen LogP contribution is 2.28. The minimum Gasteiger partial charge on any atom is -0.460 e. The number of hydrogen-bond acceptors (Lipinski definition) is 4. The predicted octanol–water partition coefficient (Wildman–Crippen LogP) is 3.50. The summed E-state index contributed by atoms with van der Waals surface area (Å²) in [5, 5.41) is 0. The van der Waals surface area contributed by atoms with Crippen LogP contribution < -0.4 is 0 Å². The maximum atomic E-state index is 13.8. The number of furan rings is 1. The van der Waals surface area contributed by atoms with Gasteiger partial charge in [-0.25, -0.2) is 17.1 Å². The van der Waals surface area contributed by atoms with Gasteiger partial charge in [-0.2, -0.15) is 0 Å². The van der Waals surface area contributed by atoms with Crippen LogP contribution in [-0.2, 0) is 16.6 Å². The predicted molar refractivity (Wildman–Crippen MR) is 104 cm³/mol. The molecule has 0 aliphatic carbocycles. The Morgan fingerprint density at radius 1 is 1.30 bits per heavy atom. The molecule has 0 spiro atoms. The van der Waals surface area contributed by atoms with E-state index in [2.05, 4.69) is 4.90 Å². The summed E-state index contributed by atoms with van der Waals surface area (Å²) >= 11 is 0. The van der Waals surface area contributed by atoms with Gasteiger partial charge in [-0.1, -0.05) is 12.1 Å². The molecule has 3 rings (SSSR count). The smallest absolute Gasteiger partial charge is 0.210 e. The summed E-state index contributed by atoms with van der Waals surface area (Å²) in [6.07, 6.45) is 3.31. The van der Waals surface area contributed by atoms with E-state index >= 15 is 0 Å². The number of rotatable bonds is 6. The summed E-state index contributed by atoms with van der Waals surface area (Å²) in [4.78, 5) is 2.30. The van der Waals surface area contributed by atoms with Crippen LogP contribution >= 0.6 is 0 Å². The fourth-order valence-corrected chi connectivity index (χ4v) is 4.13. The molecule has 1 fully saturated rings. The zero-order valence-electron chi connectivity index (χ0n) is 16.1. The third-order valence-corrected chi connectivity index (χ3v) is 6.54. The molecular formula is C20H27FN2O3S. The van der Waals surface area contributed by atoms with Crippen molar-refractivity contribution < 1.29 is 17.2 Å². The number of benzene rings is 1. The second-order valence-electron chi connectivity index (χ2n) is 7.47. The van der Waals surface area contributed by atoms with Crippen molar-refractivity contribution in [3.8, 4) is 11.3 Å². The summed E-state index contributed by atoms with van der Waals surface area (Å²) < 4.78 is 44.4. The second-order valence-corrected chi connectivity index (χ2v) is 9.55. The molecule has 2 aromatic rings. The van der Waals surface area contributed by atoms with Crippen LogP contribution in [0.1, 0.15) is 24.2 Å². The Bertz CT molecular complexity index is 894. The normalized spacial score (nSPS) is 18.9. The van der Waals surface area contributed by atoms with Crippen LogP contribution in [0.15, 0.2) is 34.7 Å². The molecule has 1 unspecified atom stereocenters. The van der Waals surface area contributed by atoms with Crippen LogP contribution in [0.25, 0.3) is 11.3 Å². The molecule has 148 valence electrons. The lowest BCUT2D eigenvalue weighted by Gasteiger charge is -2.33. The average Bonchev–Trinajstić information content (AvgIpc) is 3.05. The van der Waals surface area contributed by atoms with Gasteiger partial charge in [0.1, 0.15) is 17.3 Å². The van der Waals surface area contributed by atoms with E-state index in [0.717, 1.165) is 37.3 Å². The highest BCUT2D eigenvalue weighted by atomic mass is 32.2. The maximum absolute atomic E-state index is 13.8. The van der Waals surface area contributed by atoms with Gasteiger partial charge in [0.2, 0.25) is 10.0 Å². The first-order valence-electron chi connectivity index (χ1n) is 9.22. The van der Waals surface area contributed by atoms with E-state index in [4.69, 9.17) is 4.42 Å². The first-order chi connectivity index (χ1) is 12.7. The van der Waals surface area contributed by atoms with Crippen LogP contribution in [0.5, 0.6) is 0 Å². The molecule has 1 saturated heterocycles. The van der Waals surface area contributed by atoms with Crippen molar-refractivity contribution in [1.29, 1.82) is 0 Å². The topological polar surface area (TPSA) is 53.8 Å². The van der Waals surface area contributed by atoms with Gasteiger partial charge < -0.3 is 4.42 Å². The maximum Gasteiger partial charge on any atom is 0.210 e. The lowest BCUT2D eigenvalue weighted by molar-refractivity contribution is 0.146. The Kier molecular flexibility index (Phi) is 6.03. The lowest BCUT2D eigenvalue weighted by atomic mass is 9.98. The highest BCUT2D eigenvalue weighted by Gasteiger charge is 2.24. The Hall–Kier alpha value is -1.70. The fraction of sp³-hybridized carbons (Fsp3) is 0.500. The van der Waals surface area contributed by atoms with Gasteiger partial charge in [-0.3, -0.25) is 4.90 Å². The zero-order valence-corrected chi connectivity index (χ0v) is 16.9. The molecule has 1 atom stereocenters. The molecule has 0 amide bonds. The number of likely N-dealkylation sites (tertiary alicyclic amines) is 1. The van der Waals surface area contributed by atoms with E-state index in [0.29, 0.717) is 30.3 Å². The van der Waals surface area contributed by atoms with Crippen molar-refractivity contribution in [3.63, 3.8) is 0 Å². The average molecular weight is 395 g/mol. The number of sulfonamides is 1. The van der Waals surface area contributed by atoms with Gasteiger partial charge >= 0.3 is 0 Å². The van der Waals surface area contributed by atoms with Gasteiger partial charge in [0, 0.05) is 25.7 Å². The summed E-state index contributed by atoms with van der Waals surface area (Å²) in [7, 11) is -1.51. The van der Waals surface area contributed by atoms with E-state index in [9.17, 15) is 12.8 Å². The molecule has 27 heavy (non-hydrogen) atoms. The quantitative estimate of drug-likeness (QED) is 0.753. The summed E-state index contributed by atoms with van der Waals surface area (Å²) in [6.45, 7) is 4.78. The molecule has 1 aromatic carbocycles. The first kappa shape index (κ1) is 20.0. The Balaban J connectivity index is 1.64. The molecule has 1 aliphatic heterocycles. The molecule has 7 heteroatoms. The largest absolute Gasteiger partial charge is 0.460 e. The van der Waals surface area contributed by atoms with E-state index in [-0.39, 0.29) is 5.82 Å². The molecule has 5 nitrogen and oxygen atoms in total. The van der Waals surface area contributed by atoms with Gasteiger partial charge in [0.25, 0.3) is 0 Å². The molecule has 1 aliphatic rings. The number of nitrogens with zero attached hydrogens (tertiary/aromatic N) is 2. The minimum absolute atomic E-state index is 0.237. The van der Waals surface area contributed by atoms with Gasteiger partial charge in [0.15, 0.2) is 0 Å². The number of piperidine rings is 1. The van der Waals surface area contributed by atoms with E-state index in [1.807, 2.05) is 18.2 Å². The van der Waals surface area contributed by atoms with Crippen LogP contribution in [0.4, 0.5) is 4.39 Å². The standard InChI is InChI=1S/C20H27FN2O3S/c1-15-18(7-4-8-19(15)21)20-10-9-17(26-20)14-23-11-5-6-16(13-23)12-22(2)27(3,24)25/h4,7-10,16H,5-6,11-14H2,1-3H3. The van der Waals surface area contributed by atoms with E-state index < -0.39 is 10.0 Å². The van der Waals surface area contributed by atoms with Crippen molar-refractivity contribution in [2.24, 2.45) is 5.92 Å². The second kappa shape index (κ2) is 8.12. The molecule has 1 aromatic heterocycles. The third-order valence-electron chi connectivity index (χ3n) is 5.26. The SMILES string of the molecule is Cc1c(F)cccc1-c1ccc(CN2CCCC(CN(C)S(C)(=O)=O)C2)o1. The fourth-order valence-electron chi connectivity index (χ4n) is 3.65. The van der Waals surface area contributed by atoms with Gasteiger partial charge in [0.05, 0.1) is 12.8 Å². The molecular weight excluding hydrogens is 367 g/mol. The first-order valence-corrected chi connectivity index (χ1v) is 11.1. The zero-order chi connectivity index (χ0) is 19.6. The molecule has 0 bridgehead atoms. The Labute approximate surface area is 160 Å². The van der Waals surface area contributed by atoms with Crippen molar-refractivity contribution in [3.05, 3.63) is 47.5 Å². The van der Waals surface area contributed by atoms with Crippen molar-refractivity contribution in [2.45, 2.75) is 26.3 Å². The van der Waals surface area contributed by atoms with Crippen LogP contribution in [0.2, 0.25) is 0 Å². The highest BCUT2D eigenvalue weighted by molar-refractivity contribution is 7.88. The van der Waals surface area contributed by atoms with E-state index in [1.165, 1.54) is 16.6 Å². The third kappa shape index (κ3) is 4.97. The molecule has 0 saturated carbocycles. The van der Waals surface area contributed by atoms with Crippen LogP contribution in [0.3, 0.4) is 0 Å². The lowest BCUT2D eigenvalue weighted by Crippen LogP contribution is -2.40. The van der Waals surface area contributed by atoms with Gasteiger partial charge in [-0.05, 0) is 56.0 Å². The van der Waals surface area contributed by atoms with Crippen molar-refractivity contribution in [1.82, 2.24) is 9.21 Å². The number of halogens is 1. The molecule has 2 heterocycles. The summed E-state index contributed by atoms with van der Waals surface area (Å²) in [6, 6.07) is 8.82. The van der Waals surface area contributed by atoms with Crippen molar-refractivity contribution >= 4 is 10.0 Å². The van der Waals surface area contributed by atoms with Crippen LogP contribution in [0, 0.1) is 18.7 Å². The summed E-state index contributed by atoms with van der Waals surface area (Å²) in [5.74, 6) is 1.59. The molecule has 0 N–H and O–H groups in total. The van der Waals surface area contributed by atoms with Crippen molar-refractivity contribution in [2.75, 3.05) is 32.9 Å². The van der Waals surface area contributed by atoms with Crippen LogP contribution in [-0.4, -0.2) is 50.6 Å². The van der Waals surface area contributed by atoms with E-state index in [1.54, 1.807) is 20.0 Å². The molecule has 0 radical (unpaired) electrons. The Morgan fingerprint density at radius 2 is 2.07 bits per heavy atom. The monoisotopic (exact) mass is 394 g/mol. The Morgan fingerprint density at radius 3 is 2.81 bits per heavy atom.